The zero-order chi connectivity index (χ0) is 13.9. The van der Waals surface area contributed by atoms with Gasteiger partial charge >= 0.3 is 0 Å². The van der Waals surface area contributed by atoms with Crippen molar-refractivity contribution in [2.45, 2.75) is 32.2 Å². The van der Waals surface area contributed by atoms with Crippen LogP contribution >= 0.6 is 11.8 Å². The molecule has 0 aromatic rings. The summed E-state index contributed by atoms with van der Waals surface area (Å²) in [7, 11) is -3.23. The summed E-state index contributed by atoms with van der Waals surface area (Å²) < 4.78 is 24.0. The van der Waals surface area contributed by atoms with E-state index in [9.17, 15) is 13.2 Å². The number of sulfone groups is 1. The van der Waals surface area contributed by atoms with E-state index in [1.807, 2.05) is 0 Å². The highest BCUT2D eigenvalue weighted by Gasteiger charge is 2.37. The SMILES string of the molecule is CCS(=O)(=O)C1CSCCN1C(=O)C(C)C(C)N. The van der Waals surface area contributed by atoms with Gasteiger partial charge in [-0.15, -0.1) is 0 Å². The van der Waals surface area contributed by atoms with E-state index in [1.165, 1.54) is 4.90 Å². The lowest BCUT2D eigenvalue weighted by Gasteiger charge is -2.36. The van der Waals surface area contributed by atoms with Gasteiger partial charge in [-0.1, -0.05) is 13.8 Å². The standard InChI is InChI=1S/C11H22N2O3S2/c1-4-18(15,16)10-7-17-6-5-13(10)11(14)8(2)9(3)12/h8-10H,4-7,12H2,1-3H3. The molecule has 0 aromatic carbocycles. The van der Waals surface area contributed by atoms with Crippen molar-refractivity contribution in [3.8, 4) is 0 Å². The molecule has 0 spiro atoms. The minimum absolute atomic E-state index is 0.0641. The largest absolute Gasteiger partial charge is 0.327 e. The molecule has 0 saturated carbocycles. The molecular formula is C11H22N2O3S2. The second-order valence-corrected chi connectivity index (χ2v) is 8.26. The minimum Gasteiger partial charge on any atom is -0.327 e. The molecule has 106 valence electrons. The first-order valence-corrected chi connectivity index (χ1v) is 9.03. The number of hydrogen-bond donors (Lipinski definition) is 1. The maximum atomic E-state index is 12.3. The van der Waals surface area contributed by atoms with Crippen molar-refractivity contribution in [1.29, 1.82) is 0 Å². The molecule has 0 aromatic heterocycles. The maximum absolute atomic E-state index is 12.3. The highest BCUT2D eigenvalue weighted by molar-refractivity contribution is 8.01. The van der Waals surface area contributed by atoms with Crippen LogP contribution in [0.3, 0.4) is 0 Å². The lowest BCUT2D eigenvalue weighted by molar-refractivity contribution is -0.135. The van der Waals surface area contributed by atoms with Crippen molar-refractivity contribution >= 4 is 27.5 Å². The Hall–Kier alpha value is -0.270. The molecule has 0 aliphatic carbocycles. The van der Waals surface area contributed by atoms with Gasteiger partial charge in [0.2, 0.25) is 5.91 Å². The zero-order valence-corrected chi connectivity index (χ0v) is 12.8. The van der Waals surface area contributed by atoms with Gasteiger partial charge in [0.05, 0.1) is 5.92 Å². The number of hydrogen-bond acceptors (Lipinski definition) is 5. The third kappa shape index (κ3) is 3.39. The third-order valence-electron chi connectivity index (χ3n) is 3.36. The van der Waals surface area contributed by atoms with Crippen molar-refractivity contribution < 1.29 is 13.2 Å². The molecule has 2 N–H and O–H groups in total. The molecule has 1 rings (SSSR count). The molecule has 5 nitrogen and oxygen atoms in total. The first-order valence-electron chi connectivity index (χ1n) is 6.16. The summed E-state index contributed by atoms with van der Waals surface area (Å²) >= 11 is 1.58. The average molecular weight is 294 g/mol. The van der Waals surface area contributed by atoms with Crippen LogP contribution in [-0.2, 0) is 14.6 Å². The van der Waals surface area contributed by atoms with E-state index in [2.05, 4.69) is 0 Å². The Kier molecular flexibility index (Phi) is 5.48. The van der Waals surface area contributed by atoms with Gasteiger partial charge in [0.25, 0.3) is 0 Å². The van der Waals surface area contributed by atoms with Gasteiger partial charge in [0.15, 0.2) is 9.84 Å². The van der Waals surface area contributed by atoms with E-state index in [0.29, 0.717) is 12.3 Å². The second kappa shape index (κ2) is 6.25. The fraction of sp³-hybridized carbons (Fsp3) is 0.909. The van der Waals surface area contributed by atoms with Gasteiger partial charge in [-0.3, -0.25) is 4.79 Å². The smallest absolute Gasteiger partial charge is 0.228 e. The molecule has 3 atom stereocenters. The first-order chi connectivity index (χ1) is 8.31. The summed E-state index contributed by atoms with van der Waals surface area (Å²) in [6.45, 7) is 5.63. The summed E-state index contributed by atoms with van der Waals surface area (Å²) in [5, 5.41) is -0.685. The lowest BCUT2D eigenvalue weighted by Crippen LogP contribution is -2.54. The molecule has 1 heterocycles. The van der Waals surface area contributed by atoms with Crippen LogP contribution in [0.1, 0.15) is 20.8 Å². The van der Waals surface area contributed by atoms with Crippen molar-refractivity contribution in [1.82, 2.24) is 4.90 Å². The number of carbonyl (C=O) groups excluding carboxylic acids is 1. The maximum Gasteiger partial charge on any atom is 0.228 e. The predicted molar refractivity (Wildman–Crippen MR) is 75.1 cm³/mol. The lowest BCUT2D eigenvalue weighted by atomic mass is 10.0. The second-order valence-electron chi connectivity index (χ2n) is 4.66. The van der Waals surface area contributed by atoms with Gasteiger partial charge < -0.3 is 10.6 Å². The molecule has 1 saturated heterocycles. The van der Waals surface area contributed by atoms with Crippen LogP contribution in [0.4, 0.5) is 0 Å². The van der Waals surface area contributed by atoms with Crippen LogP contribution in [-0.4, -0.2) is 54.4 Å². The first kappa shape index (κ1) is 15.8. The Morgan fingerprint density at radius 3 is 2.61 bits per heavy atom. The molecule has 0 radical (unpaired) electrons. The van der Waals surface area contributed by atoms with Crippen LogP contribution < -0.4 is 5.73 Å². The molecule has 0 bridgehead atoms. The van der Waals surface area contributed by atoms with E-state index < -0.39 is 15.2 Å². The molecule has 3 unspecified atom stereocenters. The van der Waals surface area contributed by atoms with Crippen LogP contribution in [0.15, 0.2) is 0 Å². The minimum atomic E-state index is -3.23. The van der Waals surface area contributed by atoms with Gasteiger partial charge in [0, 0.05) is 29.8 Å². The number of nitrogens with two attached hydrogens (primary N) is 1. The van der Waals surface area contributed by atoms with Crippen molar-refractivity contribution in [3.63, 3.8) is 0 Å². The fourth-order valence-electron chi connectivity index (χ4n) is 1.81. The summed E-state index contributed by atoms with van der Waals surface area (Å²) in [6, 6.07) is -0.267. The van der Waals surface area contributed by atoms with Crippen LogP contribution in [0, 0.1) is 5.92 Å². The predicted octanol–water partition coefficient (Wildman–Crippen LogP) is 0.306. The van der Waals surface area contributed by atoms with E-state index in [4.69, 9.17) is 5.73 Å². The van der Waals surface area contributed by atoms with Gasteiger partial charge in [0.1, 0.15) is 5.37 Å². The molecule has 7 heteroatoms. The van der Waals surface area contributed by atoms with Gasteiger partial charge in [-0.25, -0.2) is 8.42 Å². The van der Waals surface area contributed by atoms with Crippen molar-refractivity contribution in [2.24, 2.45) is 11.7 Å². The monoisotopic (exact) mass is 294 g/mol. The molecular weight excluding hydrogens is 272 g/mol. The van der Waals surface area contributed by atoms with E-state index in [0.717, 1.165) is 5.75 Å². The van der Waals surface area contributed by atoms with Gasteiger partial charge in [-0.2, -0.15) is 11.8 Å². The van der Waals surface area contributed by atoms with E-state index in [-0.39, 0.29) is 23.6 Å². The summed E-state index contributed by atoms with van der Waals surface area (Å²) in [5.74, 6) is 0.824. The Bertz CT molecular complexity index is 395. The summed E-state index contributed by atoms with van der Waals surface area (Å²) in [4.78, 5) is 13.8. The third-order valence-corrected chi connectivity index (χ3v) is 6.65. The zero-order valence-electron chi connectivity index (χ0n) is 11.1. The highest BCUT2D eigenvalue weighted by atomic mass is 32.2. The Balaban J connectivity index is 2.93. The highest BCUT2D eigenvalue weighted by Crippen LogP contribution is 2.23. The number of rotatable bonds is 4. The number of nitrogens with zero attached hydrogens (tertiary/aromatic N) is 1. The fourth-order valence-corrected chi connectivity index (χ4v) is 4.78. The quantitative estimate of drug-likeness (QED) is 0.807. The Morgan fingerprint density at radius 2 is 2.11 bits per heavy atom. The van der Waals surface area contributed by atoms with Crippen molar-refractivity contribution in [3.05, 3.63) is 0 Å². The summed E-state index contributed by atoms with van der Waals surface area (Å²) in [6.07, 6.45) is 0. The topological polar surface area (TPSA) is 80.5 Å². The van der Waals surface area contributed by atoms with Crippen LogP contribution in [0.2, 0.25) is 0 Å². The number of thioether (sulfide) groups is 1. The molecule has 1 amide bonds. The molecule has 1 aliphatic heterocycles. The van der Waals surface area contributed by atoms with Crippen molar-refractivity contribution in [2.75, 3.05) is 23.8 Å². The number of amides is 1. The average Bonchev–Trinajstić information content (AvgIpc) is 2.36. The molecule has 1 aliphatic rings. The molecule has 1 fully saturated rings. The Morgan fingerprint density at radius 1 is 1.50 bits per heavy atom. The van der Waals surface area contributed by atoms with E-state index >= 15 is 0 Å². The van der Waals surface area contributed by atoms with E-state index in [1.54, 1.807) is 32.5 Å². The summed E-state index contributed by atoms with van der Waals surface area (Å²) in [5.41, 5.74) is 5.73. The Labute approximate surface area is 113 Å². The molecule has 18 heavy (non-hydrogen) atoms. The number of carbonyl (C=O) groups is 1. The van der Waals surface area contributed by atoms with Crippen LogP contribution in [0.25, 0.3) is 0 Å². The normalized spacial score (nSPS) is 24.7. The van der Waals surface area contributed by atoms with Crippen LogP contribution in [0.5, 0.6) is 0 Å². The van der Waals surface area contributed by atoms with Gasteiger partial charge in [-0.05, 0) is 6.92 Å².